The number of nitrogens with zero attached hydrogens (tertiary/aromatic N) is 2. The smallest absolute Gasteiger partial charge is 0.144 e. The zero-order valence-corrected chi connectivity index (χ0v) is 11.9. The molecular weight excluding hydrogens is 274 g/mol. The second-order valence-electron chi connectivity index (χ2n) is 4.35. The van der Waals surface area contributed by atoms with Crippen LogP contribution >= 0.6 is 23.2 Å². The van der Waals surface area contributed by atoms with Gasteiger partial charge in [-0.25, -0.2) is 9.37 Å². The van der Waals surface area contributed by atoms with E-state index >= 15 is 0 Å². The maximum atomic E-state index is 13.6. The summed E-state index contributed by atoms with van der Waals surface area (Å²) in [5.74, 6) is 0.970. The number of benzene rings is 1. The minimum Gasteiger partial charge on any atom is -0.325 e. The fourth-order valence-corrected chi connectivity index (χ4v) is 2.40. The van der Waals surface area contributed by atoms with Gasteiger partial charge in [-0.1, -0.05) is 18.5 Å². The van der Waals surface area contributed by atoms with Gasteiger partial charge < -0.3 is 4.57 Å². The first-order valence-corrected chi connectivity index (χ1v) is 6.91. The second-order valence-corrected chi connectivity index (χ2v) is 5.13. The number of aryl methyl sites for hydroxylation is 1. The van der Waals surface area contributed by atoms with Crippen molar-refractivity contribution in [2.24, 2.45) is 0 Å². The molecule has 98 valence electrons. The Morgan fingerprint density at radius 2 is 2.17 bits per heavy atom. The van der Waals surface area contributed by atoms with Crippen LogP contribution in [0.5, 0.6) is 0 Å². The van der Waals surface area contributed by atoms with E-state index in [0.717, 1.165) is 23.3 Å². The van der Waals surface area contributed by atoms with Crippen molar-refractivity contribution >= 4 is 34.2 Å². The molecule has 1 aromatic heterocycles. The van der Waals surface area contributed by atoms with E-state index in [1.807, 2.05) is 0 Å². The van der Waals surface area contributed by atoms with E-state index in [-0.39, 0.29) is 11.1 Å². The summed E-state index contributed by atoms with van der Waals surface area (Å²) in [4.78, 5) is 4.50. The van der Waals surface area contributed by atoms with Crippen molar-refractivity contribution in [3.05, 3.63) is 28.8 Å². The van der Waals surface area contributed by atoms with Gasteiger partial charge in [0.2, 0.25) is 0 Å². The number of fused-ring (bicyclic) bond motifs is 1. The lowest BCUT2D eigenvalue weighted by atomic mass is 10.2. The van der Waals surface area contributed by atoms with E-state index in [1.165, 1.54) is 6.07 Å². The van der Waals surface area contributed by atoms with Gasteiger partial charge in [-0.05, 0) is 19.4 Å². The van der Waals surface area contributed by atoms with E-state index in [2.05, 4.69) is 23.4 Å². The van der Waals surface area contributed by atoms with Gasteiger partial charge >= 0.3 is 0 Å². The van der Waals surface area contributed by atoms with E-state index in [0.29, 0.717) is 12.3 Å². The van der Waals surface area contributed by atoms with Crippen molar-refractivity contribution in [2.75, 3.05) is 5.88 Å². The predicted molar refractivity (Wildman–Crippen MR) is 74.1 cm³/mol. The van der Waals surface area contributed by atoms with Gasteiger partial charge in [0.15, 0.2) is 0 Å². The monoisotopic (exact) mass is 288 g/mol. The van der Waals surface area contributed by atoms with Crippen molar-refractivity contribution in [2.45, 2.75) is 32.7 Å². The van der Waals surface area contributed by atoms with Crippen LogP contribution < -0.4 is 0 Å². The molecule has 0 aliphatic rings. The molecule has 1 unspecified atom stereocenters. The Kier molecular flexibility index (Phi) is 4.13. The lowest BCUT2D eigenvalue weighted by Gasteiger charge is -2.15. The zero-order valence-electron chi connectivity index (χ0n) is 10.4. The van der Waals surface area contributed by atoms with E-state index in [9.17, 15) is 4.39 Å². The van der Waals surface area contributed by atoms with Gasteiger partial charge in [0.25, 0.3) is 0 Å². The Bertz CT molecular complexity index is 566. The van der Waals surface area contributed by atoms with E-state index in [1.54, 1.807) is 6.07 Å². The Hall–Kier alpha value is -0.800. The summed E-state index contributed by atoms with van der Waals surface area (Å²) in [7, 11) is 0. The molecule has 18 heavy (non-hydrogen) atoms. The van der Waals surface area contributed by atoms with Crippen LogP contribution in [0.3, 0.4) is 0 Å². The summed E-state index contributed by atoms with van der Waals surface area (Å²) in [5, 5.41) is 0.105. The lowest BCUT2D eigenvalue weighted by molar-refractivity contribution is 0.523. The predicted octanol–water partition coefficient (Wildman–Crippen LogP) is 4.58. The molecule has 2 nitrogen and oxygen atoms in total. The average Bonchev–Trinajstić information content (AvgIpc) is 2.67. The van der Waals surface area contributed by atoms with Gasteiger partial charge in [-0.15, -0.1) is 11.6 Å². The first kappa shape index (κ1) is 13.6. The normalized spacial score (nSPS) is 13.2. The molecule has 0 fully saturated rings. The Morgan fingerprint density at radius 3 is 2.78 bits per heavy atom. The third kappa shape index (κ3) is 2.34. The summed E-state index contributed by atoms with van der Waals surface area (Å²) in [6.45, 7) is 4.18. The molecule has 2 aromatic rings. The van der Waals surface area contributed by atoms with Gasteiger partial charge in [-0.2, -0.15) is 0 Å². The molecular formula is C13H15Cl2FN2. The molecule has 2 rings (SSSR count). The number of halogens is 3. The van der Waals surface area contributed by atoms with Crippen LogP contribution in [0.2, 0.25) is 5.02 Å². The number of aromatic nitrogens is 2. The van der Waals surface area contributed by atoms with Crippen LogP contribution in [0, 0.1) is 5.82 Å². The minimum atomic E-state index is -0.411. The van der Waals surface area contributed by atoms with Gasteiger partial charge in [0.05, 0.1) is 16.1 Å². The molecule has 0 bridgehead atoms. The quantitative estimate of drug-likeness (QED) is 0.753. The number of alkyl halides is 1. The van der Waals surface area contributed by atoms with Crippen molar-refractivity contribution in [1.29, 1.82) is 0 Å². The Morgan fingerprint density at radius 1 is 1.44 bits per heavy atom. The van der Waals surface area contributed by atoms with Gasteiger partial charge in [0.1, 0.15) is 11.6 Å². The molecule has 0 N–H and O–H groups in total. The van der Waals surface area contributed by atoms with Crippen LogP contribution in [-0.4, -0.2) is 15.4 Å². The molecule has 1 atom stereocenters. The number of hydrogen-bond donors (Lipinski definition) is 0. The fourth-order valence-electron chi connectivity index (χ4n) is 2.08. The summed E-state index contributed by atoms with van der Waals surface area (Å²) >= 11 is 11.6. The molecule has 1 heterocycles. The molecule has 0 radical (unpaired) electrons. The Labute approximate surface area is 116 Å². The first-order valence-electron chi connectivity index (χ1n) is 6.00. The average molecular weight is 289 g/mol. The molecule has 0 spiro atoms. The van der Waals surface area contributed by atoms with Crippen LogP contribution in [0.4, 0.5) is 4.39 Å². The largest absolute Gasteiger partial charge is 0.325 e. The number of imidazole rings is 1. The van der Waals surface area contributed by atoms with Crippen LogP contribution in [0.15, 0.2) is 12.1 Å². The second kappa shape index (κ2) is 5.45. The molecule has 0 saturated carbocycles. The highest BCUT2D eigenvalue weighted by Gasteiger charge is 2.16. The summed E-state index contributed by atoms with van der Waals surface area (Å²) < 4.78 is 15.6. The van der Waals surface area contributed by atoms with E-state index in [4.69, 9.17) is 23.2 Å². The summed E-state index contributed by atoms with van der Waals surface area (Å²) in [6, 6.07) is 3.28. The maximum Gasteiger partial charge on any atom is 0.144 e. The van der Waals surface area contributed by atoms with Crippen molar-refractivity contribution in [3.63, 3.8) is 0 Å². The van der Waals surface area contributed by atoms with Gasteiger partial charge in [-0.3, -0.25) is 0 Å². The van der Waals surface area contributed by atoms with Crippen LogP contribution in [-0.2, 0) is 6.42 Å². The molecule has 0 saturated heterocycles. The Balaban J connectivity index is 2.68. The SMILES string of the molecule is CCC(C)n1c(CCCl)nc2cc(Cl)c(F)cc21. The van der Waals surface area contributed by atoms with Crippen molar-refractivity contribution in [3.8, 4) is 0 Å². The third-order valence-electron chi connectivity index (χ3n) is 3.15. The fraction of sp³-hybridized carbons (Fsp3) is 0.462. The summed E-state index contributed by atoms with van der Waals surface area (Å²) in [6.07, 6.45) is 1.62. The van der Waals surface area contributed by atoms with Crippen molar-refractivity contribution in [1.82, 2.24) is 9.55 Å². The molecule has 0 aliphatic carbocycles. The lowest BCUT2D eigenvalue weighted by Crippen LogP contribution is -2.09. The van der Waals surface area contributed by atoms with Gasteiger partial charge in [0, 0.05) is 24.4 Å². The highest BCUT2D eigenvalue weighted by molar-refractivity contribution is 6.31. The molecule has 0 aliphatic heterocycles. The zero-order chi connectivity index (χ0) is 13.3. The highest BCUT2D eigenvalue weighted by Crippen LogP contribution is 2.27. The standard InChI is InChI=1S/C13H15Cl2FN2/c1-3-8(2)18-12-7-10(16)9(15)6-11(12)17-13(18)4-5-14/h6-8H,3-5H2,1-2H3. The molecule has 1 aromatic carbocycles. The topological polar surface area (TPSA) is 17.8 Å². The molecule has 0 amide bonds. The third-order valence-corrected chi connectivity index (χ3v) is 3.63. The molecule has 5 heteroatoms. The first-order chi connectivity index (χ1) is 8.58. The highest BCUT2D eigenvalue weighted by atomic mass is 35.5. The number of rotatable bonds is 4. The minimum absolute atomic E-state index is 0.105. The summed E-state index contributed by atoms with van der Waals surface area (Å²) in [5.41, 5.74) is 1.51. The van der Waals surface area contributed by atoms with Crippen LogP contribution in [0.1, 0.15) is 32.1 Å². The van der Waals surface area contributed by atoms with Crippen molar-refractivity contribution < 1.29 is 4.39 Å². The van der Waals surface area contributed by atoms with Crippen LogP contribution in [0.25, 0.3) is 11.0 Å². The maximum absolute atomic E-state index is 13.6. The van der Waals surface area contributed by atoms with E-state index < -0.39 is 5.82 Å². The number of hydrogen-bond acceptors (Lipinski definition) is 1.